The van der Waals surface area contributed by atoms with E-state index in [1.54, 1.807) is 6.07 Å². The van der Waals surface area contributed by atoms with Crippen LogP contribution in [0.3, 0.4) is 0 Å². The number of hydrogen-bond donors (Lipinski definition) is 1. The summed E-state index contributed by atoms with van der Waals surface area (Å²) in [4.78, 5) is 36.0. The second-order valence-corrected chi connectivity index (χ2v) is 8.91. The summed E-state index contributed by atoms with van der Waals surface area (Å²) in [6.07, 6.45) is 6.81. The topological polar surface area (TPSA) is 86.6 Å². The summed E-state index contributed by atoms with van der Waals surface area (Å²) in [5, 5.41) is 9.48. The molecule has 7 nitrogen and oxygen atoms in total. The van der Waals surface area contributed by atoms with Crippen LogP contribution < -0.4 is 4.90 Å². The fourth-order valence-corrected chi connectivity index (χ4v) is 4.85. The zero-order valence-electron chi connectivity index (χ0n) is 16.1. The summed E-state index contributed by atoms with van der Waals surface area (Å²) < 4.78 is 0. The van der Waals surface area contributed by atoms with E-state index in [4.69, 9.17) is 16.7 Å². The van der Waals surface area contributed by atoms with Gasteiger partial charge in [-0.05, 0) is 19.3 Å². The van der Waals surface area contributed by atoms with Gasteiger partial charge in [0.15, 0.2) is 5.16 Å². The Hall–Kier alpha value is -1.54. The standard InChI is InChI=1S/C19H27ClN4O3S/c1-13-11-23(16-10-15(20)21-19(22-16)28-12-18(26)27)8-9-24(13)17(25)7-6-14-4-2-3-5-14/h10,13-14H,2-9,11-12H2,1H3,(H,26,27)/t13-/m1/s1. The van der Waals surface area contributed by atoms with E-state index in [2.05, 4.69) is 21.8 Å². The van der Waals surface area contributed by atoms with Crippen LogP contribution in [0, 0.1) is 5.92 Å². The Balaban J connectivity index is 1.56. The molecular weight excluding hydrogens is 400 g/mol. The Morgan fingerprint density at radius 2 is 2.04 bits per heavy atom. The fraction of sp³-hybridized carbons (Fsp3) is 0.684. The normalized spacial score (nSPS) is 20.6. The number of amides is 1. The molecule has 0 spiro atoms. The number of nitrogens with zero attached hydrogens (tertiary/aromatic N) is 4. The Kier molecular flexibility index (Phi) is 7.40. The summed E-state index contributed by atoms with van der Waals surface area (Å²) in [7, 11) is 0. The van der Waals surface area contributed by atoms with Gasteiger partial charge >= 0.3 is 5.97 Å². The highest BCUT2D eigenvalue weighted by atomic mass is 35.5. The van der Waals surface area contributed by atoms with Crippen molar-refractivity contribution in [3.05, 3.63) is 11.2 Å². The number of piperazine rings is 1. The lowest BCUT2D eigenvalue weighted by Gasteiger charge is -2.40. The first kappa shape index (κ1) is 21.2. The van der Waals surface area contributed by atoms with E-state index in [0.29, 0.717) is 42.2 Å². The maximum atomic E-state index is 12.7. The SMILES string of the molecule is C[C@@H]1CN(c2cc(Cl)nc(SCC(=O)O)n2)CCN1C(=O)CCC1CCCC1. The van der Waals surface area contributed by atoms with Crippen LogP contribution in [0.5, 0.6) is 0 Å². The molecule has 154 valence electrons. The third-order valence-electron chi connectivity index (χ3n) is 5.50. The van der Waals surface area contributed by atoms with E-state index < -0.39 is 5.97 Å². The molecule has 2 fully saturated rings. The first-order chi connectivity index (χ1) is 13.4. The highest BCUT2D eigenvalue weighted by molar-refractivity contribution is 7.99. The molecule has 1 saturated carbocycles. The molecule has 1 atom stereocenters. The summed E-state index contributed by atoms with van der Waals surface area (Å²) >= 11 is 7.15. The van der Waals surface area contributed by atoms with Gasteiger partial charge in [0.05, 0.1) is 5.75 Å². The van der Waals surface area contributed by atoms with E-state index in [1.807, 2.05) is 4.90 Å². The summed E-state index contributed by atoms with van der Waals surface area (Å²) in [6, 6.07) is 1.78. The molecule has 9 heteroatoms. The first-order valence-corrected chi connectivity index (χ1v) is 11.2. The highest BCUT2D eigenvalue weighted by Gasteiger charge is 2.29. The molecule has 0 aromatic carbocycles. The molecule has 0 unspecified atom stereocenters. The monoisotopic (exact) mass is 426 g/mol. The minimum absolute atomic E-state index is 0.0914. The van der Waals surface area contributed by atoms with Crippen molar-refractivity contribution in [2.24, 2.45) is 5.92 Å². The maximum absolute atomic E-state index is 12.7. The van der Waals surface area contributed by atoms with Crippen molar-refractivity contribution in [2.45, 2.75) is 56.6 Å². The summed E-state index contributed by atoms with van der Waals surface area (Å²) in [5.74, 6) is 0.619. The van der Waals surface area contributed by atoms with Crippen LogP contribution in [0.1, 0.15) is 45.4 Å². The van der Waals surface area contributed by atoms with Crippen LogP contribution >= 0.6 is 23.4 Å². The minimum atomic E-state index is -0.923. The highest BCUT2D eigenvalue weighted by Crippen LogP contribution is 2.29. The second-order valence-electron chi connectivity index (χ2n) is 7.59. The maximum Gasteiger partial charge on any atom is 0.313 e. The number of aliphatic carboxylic acids is 1. The van der Waals surface area contributed by atoms with Crippen molar-refractivity contribution in [3.63, 3.8) is 0 Å². The average Bonchev–Trinajstić information content (AvgIpc) is 3.17. The number of thioether (sulfide) groups is 1. The van der Waals surface area contributed by atoms with Crippen LogP contribution in [0.15, 0.2) is 11.2 Å². The van der Waals surface area contributed by atoms with Crippen LogP contribution in [-0.2, 0) is 9.59 Å². The largest absolute Gasteiger partial charge is 0.481 e. The number of anilines is 1. The molecule has 2 heterocycles. The first-order valence-electron chi connectivity index (χ1n) is 9.86. The summed E-state index contributed by atoms with van der Waals surface area (Å²) in [6.45, 7) is 4.06. The fourth-order valence-electron chi connectivity index (χ4n) is 4.04. The van der Waals surface area contributed by atoms with Gasteiger partial charge in [0.2, 0.25) is 5.91 Å². The second kappa shape index (κ2) is 9.78. The van der Waals surface area contributed by atoms with E-state index in [9.17, 15) is 9.59 Å². The lowest BCUT2D eigenvalue weighted by molar-refractivity contribution is -0.134. The zero-order valence-corrected chi connectivity index (χ0v) is 17.7. The molecule has 1 saturated heterocycles. The molecule has 3 rings (SSSR count). The van der Waals surface area contributed by atoms with Crippen molar-refractivity contribution in [1.82, 2.24) is 14.9 Å². The number of carbonyl (C=O) groups excluding carboxylic acids is 1. The number of carbonyl (C=O) groups is 2. The molecule has 2 aliphatic rings. The van der Waals surface area contributed by atoms with Crippen molar-refractivity contribution < 1.29 is 14.7 Å². The molecule has 1 aromatic rings. The number of carboxylic acids is 1. The Bertz CT molecular complexity index is 714. The van der Waals surface area contributed by atoms with Gasteiger partial charge in [-0.15, -0.1) is 0 Å². The van der Waals surface area contributed by atoms with E-state index in [-0.39, 0.29) is 17.7 Å². The third kappa shape index (κ3) is 5.73. The van der Waals surface area contributed by atoms with Crippen LogP contribution in [-0.4, -0.2) is 63.3 Å². The van der Waals surface area contributed by atoms with E-state index in [1.165, 1.54) is 25.7 Å². The van der Waals surface area contributed by atoms with Gasteiger partial charge < -0.3 is 14.9 Å². The number of hydrogen-bond acceptors (Lipinski definition) is 6. The van der Waals surface area contributed by atoms with Gasteiger partial charge in [-0.25, -0.2) is 9.97 Å². The summed E-state index contributed by atoms with van der Waals surface area (Å²) in [5.41, 5.74) is 0. The predicted molar refractivity (Wildman–Crippen MR) is 110 cm³/mol. The Labute approximate surface area is 174 Å². The van der Waals surface area contributed by atoms with Crippen LogP contribution in [0.2, 0.25) is 5.15 Å². The van der Waals surface area contributed by atoms with Gasteiger partial charge in [0.1, 0.15) is 11.0 Å². The molecule has 1 aliphatic heterocycles. The van der Waals surface area contributed by atoms with Gasteiger partial charge in [0.25, 0.3) is 0 Å². The molecule has 0 radical (unpaired) electrons. The van der Waals surface area contributed by atoms with Crippen molar-refractivity contribution in [3.8, 4) is 0 Å². The molecule has 1 N–H and O–H groups in total. The van der Waals surface area contributed by atoms with E-state index >= 15 is 0 Å². The van der Waals surface area contributed by atoms with Gasteiger partial charge in [-0.3, -0.25) is 9.59 Å². The third-order valence-corrected chi connectivity index (χ3v) is 6.52. The quantitative estimate of drug-likeness (QED) is 0.406. The molecule has 28 heavy (non-hydrogen) atoms. The lowest BCUT2D eigenvalue weighted by atomic mass is 10.0. The number of aromatic nitrogens is 2. The van der Waals surface area contributed by atoms with E-state index in [0.717, 1.165) is 24.1 Å². The Morgan fingerprint density at radius 3 is 2.71 bits per heavy atom. The molecule has 1 aromatic heterocycles. The average molecular weight is 427 g/mol. The molecule has 1 aliphatic carbocycles. The zero-order chi connectivity index (χ0) is 20.1. The van der Waals surface area contributed by atoms with Gasteiger partial charge in [-0.2, -0.15) is 0 Å². The Morgan fingerprint density at radius 1 is 1.29 bits per heavy atom. The smallest absolute Gasteiger partial charge is 0.313 e. The van der Waals surface area contributed by atoms with Crippen LogP contribution in [0.4, 0.5) is 5.82 Å². The lowest BCUT2D eigenvalue weighted by Crippen LogP contribution is -2.54. The van der Waals surface area contributed by atoms with Crippen molar-refractivity contribution in [1.29, 1.82) is 0 Å². The van der Waals surface area contributed by atoms with Gasteiger partial charge in [-0.1, -0.05) is 49.0 Å². The minimum Gasteiger partial charge on any atom is -0.481 e. The number of rotatable bonds is 7. The molecular formula is C19H27ClN4O3S. The number of carboxylic acid groups (broad SMARTS) is 1. The van der Waals surface area contributed by atoms with Crippen LogP contribution in [0.25, 0.3) is 0 Å². The van der Waals surface area contributed by atoms with Crippen molar-refractivity contribution >= 4 is 41.1 Å². The molecule has 0 bridgehead atoms. The van der Waals surface area contributed by atoms with Crippen molar-refractivity contribution in [2.75, 3.05) is 30.3 Å². The van der Waals surface area contributed by atoms with Gasteiger partial charge in [0, 0.05) is 38.2 Å². The molecule has 1 amide bonds. The number of halogens is 1. The predicted octanol–water partition coefficient (Wildman–Crippen LogP) is 3.31.